The molecular weight excluding hydrogens is 254 g/mol. The zero-order valence-corrected chi connectivity index (χ0v) is 11.5. The van der Waals surface area contributed by atoms with Gasteiger partial charge in [0.2, 0.25) is 0 Å². The summed E-state index contributed by atoms with van der Waals surface area (Å²) < 4.78 is 1.24. The van der Waals surface area contributed by atoms with Crippen LogP contribution in [0.15, 0.2) is 48.1 Å². The number of nitrogens with one attached hydrogen (secondary N) is 1. The van der Waals surface area contributed by atoms with Gasteiger partial charge in [0.1, 0.15) is 0 Å². The smallest absolute Gasteiger partial charge is 0.0815 e. The van der Waals surface area contributed by atoms with Crippen LogP contribution in [0.2, 0.25) is 0 Å². The number of pyridine rings is 1. The summed E-state index contributed by atoms with van der Waals surface area (Å²) >= 11 is 1.68. The quantitative estimate of drug-likeness (QED) is 0.787. The van der Waals surface area contributed by atoms with Crippen molar-refractivity contribution >= 4 is 21.6 Å². The number of hydrogen-bond donors (Lipinski definition) is 1. The van der Waals surface area contributed by atoms with Gasteiger partial charge in [-0.3, -0.25) is 4.98 Å². The maximum absolute atomic E-state index is 4.36. The van der Waals surface area contributed by atoms with Crippen molar-refractivity contribution < 1.29 is 0 Å². The second kappa shape index (κ2) is 5.47. The Hall–Kier alpha value is -1.78. The molecule has 1 atom stereocenters. The molecule has 2 aromatic heterocycles. The first-order valence-corrected chi connectivity index (χ1v) is 7.17. The van der Waals surface area contributed by atoms with Gasteiger partial charge >= 0.3 is 0 Å². The van der Waals surface area contributed by atoms with Gasteiger partial charge in [-0.05, 0) is 36.8 Å². The number of nitrogens with zero attached hydrogens (tertiary/aromatic N) is 2. The summed E-state index contributed by atoms with van der Waals surface area (Å²) in [6.07, 6.45) is 1.83. The third kappa shape index (κ3) is 2.80. The van der Waals surface area contributed by atoms with Crippen molar-refractivity contribution in [2.75, 3.05) is 0 Å². The van der Waals surface area contributed by atoms with Gasteiger partial charge in [-0.15, -0.1) is 11.3 Å². The van der Waals surface area contributed by atoms with Crippen molar-refractivity contribution in [3.8, 4) is 0 Å². The predicted octanol–water partition coefficient (Wildman–Crippen LogP) is 3.54. The average molecular weight is 269 g/mol. The molecule has 3 nitrogen and oxygen atoms in total. The fourth-order valence-electron chi connectivity index (χ4n) is 2.02. The lowest BCUT2D eigenvalue weighted by atomic mass is 10.1. The average Bonchev–Trinajstić information content (AvgIpc) is 2.93. The topological polar surface area (TPSA) is 37.8 Å². The maximum atomic E-state index is 4.36. The standard InChI is InChI=1S/C15H15N3S/c1-11(13-4-2-3-7-16-13)17-9-12-5-6-15-14(8-12)18-10-19-15/h2-8,10-11,17H,9H2,1H3/t11-/m0/s1. The molecule has 3 aromatic rings. The molecule has 0 saturated carbocycles. The minimum absolute atomic E-state index is 0.243. The molecule has 0 bridgehead atoms. The molecule has 96 valence electrons. The van der Waals surface area contributed by atoms with E-state index in [0.29, 0.717) is 0 Å². The van der Waals surface area contributed by atoms with Gasteiger partial charge in [0.15, 0.2) is 0 Å². The highest BCUT2D eigenvalue weighted by atomic mass is 32.1. The highest BCUT2D eigenvalue weighted by Gasteiger charge is 2.06. The lowest BCUT2D eigenvalue weighted by molar-refractivity contribution is 0.562. The highest BCUT2D eigenvalue weighted by Crippen LogP contribution is 2.19. The van der Waals surface area contributed by atoms with Crippen LogP contribution in [0, 0.1) is 0 Å². The van der Waals surface area contributed by atoms with Crippen molar-refractivity contribution in [2.45, 2.75) is 19.5 Å². The minimum atomic E-state index is 0.243. The van der Waals surface area contributed by atoms with Gasteiger partial charge in [-0.25, -0.2) is 4.98 Å². The van der Waals surface area contributed by atoms with Crippen LogP contribution in [0.25, 0.3) is 10.2 Å². The molecule has 1 aromatic carbocycles. The molecule has 0 aliphatic carbocycles. The SMILES string of the molecule is C[C@H](NCc1ccc2scnc2c1)c1ccccn1. The van der Waals surface area contributed by atoms with Crippen LogP contribution >= 0.6 is 11.3 Å². The van der Waals surface area contributed by atoms with Crippen LogP contribution in [0.4, 0.5) is 0 Å². The van der Waals surface area contributed by atoms with E-state index in [0.717, 1.165) is 17.8 Å². The predicted molar refractivity (Wildman–Crippen MR) is 79.1 cm³/mol. The van der Waals surface area contributed by atoms with Crippen molar-refractivity contribution in [3.05, 3.63) is 59.4 Å². The molecule has 0 saturated heterocycles. The Balaban J connectivity index is 1.68. The third-order valence-corrected chi connectivity index (χ3v) is 3.95. The molecular formula is C15H15N3S. The summed E-state index contributed by atoms with van der Waals surface area (Å²) in [6, 6.07) is 12.7. The van der Waals surface area contributed by atoms with Crippen LogP contribution in [0.5, 0.6) is 0 Å². The lowest BCUT2D eigenvalue weighted by Crippen LogP contribution is -2.18. The second-order valence-corrected chi connectivity index (χ2v) is 5.40. The normalized spacial score (nSPS) is 12.7. The van der Waals surface area contributed by atoms with Crippen molar-refractivity contribution in [3.63, 3.8) is 0 Å². The van der Waals surface area contributed by atoms with E-state index < -0.39 is 0 Å². The van der Waals surface area contributed by atoms with Crippen molar-refractivity contribution in [2.24, 2.45) is 0 Å². The largest absolute Gasteiger partial charge is 0.305 e. The van der Waals surface area contributed by atoms with E-state index in [9.17, 15) is 0 Å². The first-order chi connectivity index (χ1) is 9.33. The molecule has 1 N–H and O–H groups in total. The summed E-state index contributed by atoms with van der Waals surface area (Å²) in [6.45, 7) is 2.95. The number of benzene rings is 1. The van der Waals surface area contributed by atoms with Crippen LogP contribution in [0.3, 0.4) is 0 Å². The number of aromatic nitrogens is 2. The highest BCUT2D eigenvalue weighted by molar-refractivity contribution is 7.16. The first kappa shape index (κ1) is 12.3. The Morgan fingerprint density at radius 2 is 2.16 bits per heavy atom. The minimum Gasteiger partial charge on any atom is -0.305 e. The molecule has 0 aliphatic heterocycles. The van der Waals surface area contributed by atoms with E-state index in [4.69, 9.17) is 0 Å². The molecule has 2 heterocycles. The van der Waals surface area contributed by atoms with Gasteiger partial charge < -0.3 is 5.32 Å². The van der Waals surface area contributed by atoms with E-state index in [1.807, 2.05) is 29.9 Å². The Morgan fingerprint density at radius 1 is 1.21 bits per heavy atom. The third-order valence-electron chi connectivity index (χ3n) is 3.14. The number of hydrogen-bond acceptors (Lipinski definition) is 4. The first-order valence-electron chi connectivity index (χ1n) is 6.29. The molecule has 0 radical (unpaired) electrons. The Kier molecular flexibility index (Phi) is 3.53. The lowest BCUT2D eigenvalue weighted by Gasteiger charge is -2.13. The molecule has 4 heteroatoms. The van der Waals surface area contributed by atoms with Crippen LogP contribution < -0.4 is 5.32 Å². The van der Waals surface area contributed by atoms with Gasteiger partial charge in [-0.2, -0.15) is 0 Å². The summed E-state index contributed by atoms with van der Waals surface area (Å²) in [5, 5.41) is 3.49. The zero-order valence-electron chi connectivity index (χ0n) is 10.7. The molecule has 19 heavy (non-hydrogen) atoms. The van der Waals surface area contributed by atoms with Gasteiger partial charge in [0.25, 0.3) is 0 Å². The van der Waals surface area contributed by atoms with E-state index in [1.165, 1.54) is 10.3 Å². The number of fused-ring (bicyclic) bond motifs is 1. The van der Waals surface area contributed by atoms with E-state index >= 15 is 0 Å². The molecule has 0 aliphatic rings. The molecule has 0 fully saturated rings. The van der Waals surface area contributed by atoms with Crippen LogP contribution in [-0.4, -0.2) is 9.97 Å². The van der Waals surface area contributed by atoms with Crippen molar-refractivity contribution in [1.29, 1.82) is 0 Å². The van der Waals surface area contributed by atoms with Crippen LogP contribution in [-0.2, 0) is 6.54 Å². The maximum Gasteiger partial charge on any atom is 0.0815 e. The second-order valence-electron chi connectivity index (χ2n) is 4.51. The zero-order chi connectivity index (χ0) is 13.1. The monoisotopic (exact) mass is 269 g/mol. The van der Waals surface area contributed by atoms with E-state index in [2.05, 4.69) is 40.4 Å². The van der Waals surface area contributed by atoms with Crippen LogP contribution in [0.1, 0.15) is 24.2 Å². The fraction of sp³-hybridized carbons (Fsp3) is 0.200. The molecule has 3 rings (SSSR count). The molecule has 0 unspecified atom stereocenters. The Morgan fingerprint density at radius 3 is 3.00 bits per heavy atom. The van der Waals surface area contributed by atoms with Gasteiger partial charge in [0.05, 0.1) is 21.4 Å². The summed E-state index contributed by atoms with van der Waals surface area (Å²) in [4.78, 5) is 8.70. The molecule has 0 amide bonds. The Labute approximate surface area is 116 Å². The number of thiazole rings is 1. The summed E-state index contributed by atoms with van der Waals surface area (Å²) in [5.74, 6) is 0. The number of rotatable bonds is 4. The van der Waals surface area contributed by atoms with E-state index in [1.54, 1.807) is 11.3 Å². The van der Waals surface area contributed by atoms with Gasteiger partial charge in [0, 0.05) is 18.8 Å². The van der Waals surface area contributed by atoms with E-state index in [-0.39, 0.29) is 6.04 Å². The fourth-order valence-corrected chi connectivity index (χ4v) is 2.68. The molecule has 0 spiro atoms. The summed E-state index contributed by atoms with van der Waals surface area (Å²) in [5.41, 5.74) is 5.28. The van der Waals surface area contributed by atoms with Gasteiger partial charge in [-0.1, -0.05) is 12.1 Å². The Bertz CT molecular complexity index is 663. The van der Waals surface area contributed by atoms with Crippen molar-refractivity contribution in [1.82, 2.24) is 15.3 Å². The summed E-state index contributed by atoms with van der Waals surface area (Å²) in [7, 11) is 0.